The van der Waals surface area contributed by atoms with Crippen molar-refractivity contribution in [3.63, 3.8) is 0 Å². The number of aromatic nitrogens is 2. The molecule has 1 aromatic heterocycles. The van der Waals surface area contributed by atoms with Crippen molar-refractivity contribution in [3.8, 4) is 0 Å². The van der Waals surface area contributed by atoms with Crippen LogP contribution in [-0.4, -0.2) is 60.2 Å². The van der Waals surface area contributed by atoms with Crippen molar-refractivity contribution in [1.82, 2.24) is 15.1 Å². The quantitative estimate of drug-likeness (QED) is 0.670. The summed E-state index contributed by atoms with van der Waals surface area (Å²) in [6.07, 6.45) is -3.61. The number of benzene rings is 1. The fourth-order valence-electron chi connectivity index (χ4n) is 4.68. The highest BCUT2D eigenvalue weighted by Gasteiger charge is 2.47. The lowest BCUT2D eigenvalue weighted by Gasteiger charge is -2.29. The first kappa shape index (κ1) is 23.6. The van der Waals surface area contributed by atoms with E-state index in [2.05, 4.69) is 10.4 Å². The van der Waals surface area contributed by atoms with Crippen LogP contribution in [0.4, 0.5) is 19.0 Å². The number of carboxylic acid groups (broad SMARTS) is 1. The second-order valence-electron chi connectivity index (χ2n) is 8.47. The highest BCUT2D eigenvalue weighted by atomic mass is 32.2. The maximum absolute atomic E-state index is 13.5. The van der Waals surface area contributed by atoms with Crippen molar-refractivity contribution in [2.24, 2.45) is 0 Å². The zero-order valence-corrected chi connectivity index (χ0v) is 18.7. The van der Waals surface area contributed by atoms with Crippen molar-refractivity contribution in [1.29, 1.82) is 0 Å². The summed E-state index contributed by atoms with van der Waals surface area (Å²) in [6.45, 7) is 3.08. The molecule has 180 valence electrons. The van der Waals surface area contributed by atoms with E-state index in [9.17, 15) is 31.5 Å². The van der Waals surface area contributed by atoms with Gasteiger partial charge in [0.1, 0.15) is 11.9 Å². The van der Waals surface area contributed by atoms with Crippen LogP contribution in [-0.2, 0) is 20.8 Å². The van der Waals surface area contributed by atoms with Gasteiger partial charge >= 0.3 is 12.1 Å². The number of piperidine rings is 1. The predicted molar refractivity (Wildman–Crippen MR) is 114 cm³/mol. The number of sulfone groups is 1. The third-order valence-corrected chi connectivity index (χ3v) is 8.46. The van der Waals surface area contributed by atoms with Gasteiger partial charge in [0.25, 0.3) is 0 Å². The fourth-order valence-corrected chi connectivity index (χ4v) is 6.59. The van der Waals surface area contributed by atoms with Crippen LogP contribution >= 0.6 is 0 Å². The number of carboxylic acids is 1. The van der Waals surface area contributed by atoms with Crippen LogP contribution in [0.5, 0.6) is 0 Å². The summed E-state index contributed by atoms with van der Waals surface area (Å²) in [4.78, 5) is 12.7. The molecule has 0 saturated carbocycles. The molecule has 0 unspecified atom stereocenters. The number of halogens is 3. The number of nitrogens with one attached hydrogen (secondary N) is 1. The molecule has 0 bridgehead atoms. The Morgan fingerprint density at radius 2 is 1.88 bits per heavy atom. The normalized spacial score (nSPS) is 22.6. The van der Waals surface area contributed by atoms with Crippen molar-refractivity contribution < 1.29 is 31.5 Å². The highest BCUT2D eigenvalue weighted by molar-refractivity contribution is 7.92. The van der Waals surface area contributed by atoms with Crippen LogP contribution in [0.3, 0.4) is 0 Å². The van der Waals surface area contributed by atoms with E-state index in [0.29, 0.717) is 11.5 Å². The van der Waals surface area contributed by atoms with Gasteiger partial charge in [0, 0.05) is 12.6 Å². The Kier molecular flexibility index (Phi) is 6.16. The number of rotatable bonds is 5. The minimum Gasteiger partial charge on any atom is -0.480 e. The Hall–Kier alpha value is -2.60. The van der Waals surface area contributed by atoms with E-state index in [-0.39, 0.29) is 19.0 Å². The molecule has 0 aliphatic carbocycles. The van der Waals surface area contributed by atoms with Gasteiger partial charge in [0.2, 0.25) is 0 Å². The van der Waals surface area contributed by atoms with Crippen LogP contribution in [0.25, 0.3) is 0 Å². The maximum Gasteiger partial charge on any atom is 0.417 e. The van der Waals surface area contributed by atoms with Crippen LogP contribution in [0.15, 0.2) is 35.2 Å². The number of alkyl halides is 3. The van der Waals surface area contributed by atoms with E-state index in [1.54, 1.807) is 17.7 Å². The average molecular weight is 487 g/mol. The van der Waals surface area contributed by atoms with Crippen LogP contribution in [0.1, 0.15) is 36.6 Å². The van der Waals surface area contributed by atoms with Gasteiger partial charge in [-0.05, 0) is 51.4 Å². The fraction of sp³-hybridized carbons (Fsp3) is 0.524. The second kappa shape index (κ2) is 8.64. The standard InChI is InChI=1S/C21H25F3N4O4S/c1-13-10-19(28(26-13)14-6-8-25-9-7-14)27-12-15(11-17(27)20(29)30)33(31,32)18-5-3-2-4-16(18)21(22,23)24/h2-5,10,14-15,17,25H,6-9,11-12H2,1H3,(H,29,30)/t15-,17+/m1/s1. The maximum atomic E-state index is 13.5. The second-order valence-corrected chi connectivity index (χ2v) is 10.7. The number of hydrogen-bond donors (Lipinski definition) is 2. The Balaban J connectivity index is 1.72. The Morgan fingerprint density at radius 3 is 2.52 bits per heavy atom. The molecule has 2 fully saturated rings. The molecular formula is C21H25F3N4O4S. The molecule has 4 rings (SSSR count). The van der Waals surface area contributed by atoms with Gasteiger partial charge in [-0.2, -0.15) is 18.3 Å². The minimum absolute atomic E-state index is 0.0195. The van der Waals surface area contributed by atoms with Crippen LogP contribution in [0, 0.1) is 6.92 Å². The molecule has 2 aromatic rings. The van der Waals surface area contributed by atoms with Crippen LogP contribution in [0.2, 0.25) is 0 Å². The number of hydrogen-bond acceptors (Lipinski definition) is 6. The Labute approximate surface area is 189 Å². The first-order valence-corrected chi connectivity index (χ1v) is 12.2. The summed E-state index contributed by atoms with van der Waals surface area (Å²) in [7, 11) is -4.46. The lowest BCUT2D eigenvalue weighted by atomic mass is 10.1. The highest BCUT2D eigenvalue weighted by Crippen LogP contribution is 2.39. The molecule has 3 heterocycles. The molecule has 0 spiro atoms. The van der Waals surface area contributed by atoms with E-state index in [1.165, 1.54) is 11.0 Å². The number of aryl methyl sites for hydroxylation is 1. The van der Waals surface area contributed by atoms with Gasteiger partial charge in [-0.25, -0.2) is 17.9 Å². The van der Waals surface area contributed by atoms with Gasteiger partial charge in [-0.3, -0.25) is 0 Å². The summed E-state index contributed by atoms with van der Waals surface area (Å²) >= 11 is 0. The molecule has 8 nitrogen and oxygen atoms in total. The van der Waals surface area contributed by atoms with E-state index in [4.69, 9.17) is 0 Å². The molecule has 0 radical (unpaired) electrons. The SMILES string of the molecule is Cc1cc(N2C[C@H](S(=O)(=O)c3ccccc3C(F)(F)F)C[C@H]2C(=O)O)n(C2CCNCC2)n1. The minimum atomic E-state index is -4.85. The lowest BCUT2D eigenvalue weighted by molar-refractivity contribution is -0.140. The first-order valence-electron chi connectivity index (χ1n) is 10.7. The van der Waals surface area contributed by atoms with E-state index < -0.39 is 43.7 Å². The first-order chi connectivity index (χ1) is 15.5. The topological polar surface area (TPSA) is 105 Å². The molecule has 12 heteroatoms. The number of aliphatic carboxylic acids is 1. The summed E-state index contributed by atoms with van der Waals surface area (Å²) in [6, 6.07) is 4.55. The molecule has 0 amide bonds. The van der Waals surface area contributed by atoms with Gasteiger partial charge in [0.15, 0.2) is 9.84 Å². The number of nitrogens with zero attached hydrogens (tertiary/aromatic N) is 3. The summed E-state index contributed by atoms with van der Waals surface area (Å²) < 4.78 is 68.8. The Morgan fingerprint density at radius 1 is 1.21 bits per heavy atom. The van der Waals surface area contributed by atoms with Crippen LogP contribution < -0.4 is 10.2 Å². The van der Waals surface area contributed by atoms with Gasteiger partial charge in [-0.15, -0.1) is 0 Å². The largest absolute Gasteiger partial charge is 0.480 e. The van der Waals surface area contributed by atoms with E-state index in [1.807, 2.05) is 0 Å². The molecule has 2 aliphatic rings. The lowest BCUT2D eigenvalue weighted by Crippen LogP contribution is -2.39. The summed E-state index contributed by atoms with van der Waals surface area (Å²) in [5, 5.41) is 16.3. The molecule has 1 aromatic carbocycles. The molecular weight excluding hydrogens is 461 g/mol. The van der Waals surface area contributed by atoms with E-state index >= 15 is 0 Å². The smallest absolute Gasteiger partial charge is 0.417 e. The predicted octanol–water partition coefficient (Wildman–Crippen LogP) is 2.64. The van der Waals surface area contributed by atoms with Crippen molar-refractivity contribution in [2.75, 3.05) is 24.5 Å². The van der Waals surface area contributed by atoms with Gasteiger partial charge in [-0.1, -0.05) is 12.1 Å². The Bertz CT molecular complexity index is 1140. The summed E-state index contributed by atoms with van der Waals surface area (Å²) in [5.74, 6) is -0.749. The van der Waals surface area contributed by atoms with Crippen molar-refractivity contribution >= 4 is 21.6 Å². The van der Waals surface area contributed by atoms with E-state index in [0.717, 1.165) is 44.1 Å². The third-order valence-electron chi connectivity index (χ3n) is 6.27. The molecule has 2 aliphatic heterocycles. The van der Waals surface area contributed by atoms with Crippen molar-refractivity contribution in [3.05, 3.63) is 41.6 Å². The third kappa shape index (κ3) is 4.45. The molecule has 2 saturated heterocycles. The van der Waals surface area contributed by atoms with Crippen molar-refractivity contribution in [2.45, 2.75) is 54.6 Å². The molecule has 2 N–H and O–H groups in total. The van der Waals surface area contributed by atoms with Gasteiger partial charge < -0.3 is 15.3 Å². The summed E-state index contributed by atoms with van der Waals surface area (Å²) in [5.41, 5.74) is -0.590. The monoisotopic (exact) mass is 486 g/mol. The zero-order valence-electron chi connectivity index (χ0n) is 17.9. The average Bonchev–Trinajstić information content (AvgIpc) is 3.38. The van der Waals surface area contributed by atoms with Gasteiger partial charge in [0.05, 0.1) is 27.4 Å². The number of carbonyl (C=O) groups is 1. The molecule has 2 atom stereocenters. The molecule has 33 heavy (non-hydrogen) atoms. The number of anilines is 1. The zero-order chi connectivity index (χ0) is 24.0.